The Labute approximate surface area is 183 Å². The lowest BCUT2D eigenvalue weighted by Gasteiger charge is -2.25. The Balaban J connectivity index is 1.41. The molecule has 0 saturated heterocycles. The van der Waals surface area contributed by atoms with Crippen LogP contribution in [0.4, 0.5) is 5.82 Å². The average molecular weight is 421 g/mol. The fourth-order valence-electron chi connectivity index (χ4n) is 4.47. The minimum Gasteiger partial charge on any atom is -0.459 e. The number of anilines is 1. The summed E-state index contributed by atoms with van der Waals surface area (Å²) in [6, 6.07) is 10.4. The molecule has 1 aliphatic heterocycles. The molecule has 3 N–H and O–H groups in total. The number of para-hydroxylation sites is 1. The number of fused-ring (bicyclic) bond motifs is 2. The van der Waals surface area contributed by atoms with E-state index in [0.29, 0.717) is 24.7 Å². The second-order valence-corrected chi connectivity index (χ2v) is 8.68. The summed E-state index contributed by atoms with van der Waals surface area (Å²) >= 11 is 0. The molecule has 2 atom stereocenters. The van der Waals surface area contributed by atoms with Crippen LogP contribution in [0.15, 0.2) is 40.9 Å². The van der Waals surface area contributed by atoms with Crippen LogP contribution in [-0.2, 0) is 17.8 Å². The van der Waals surface area contributed by atoms with Crippen LogP contribution in [0.1, 0.15) is 48.1 Å². The first-order valence-corrected chi connectivity index (χ1v) is 11.2. The first kappa shape index (κ1) is 21.5. The van der Waals surface area contributed by atoms with Crippen molar-refractivity contribution in [1.82, 2.24) is 9.88 Å². The highest BCUT2D eigenvalue weighted by Gasteiger charge is 2.26. The largest absolute Gasteiger partial charge is 0.459 e. The van der Waals surface area contributed by atoms with Crippen LogP contribution < -0.4 is 11.1 Å². The number of amides is 1. The maximum atomic E-state index is 12.0. The van der Waals surface area contributed by atoms with Gasteiger partial charge in [0.05, 0.1) is 12.5 Å². The van der Waals surface area contributed by atoms with Gasteiger partial charge < -0.3 is 15.5 Å². The number of nitrogens with one attached hydrogen (secondary N) is 1. The number of rotatable bonds is 8. The van der Waals surface area contributed by atoms with E-state index >= 15 is 0 Å². The molecule has 3 aromatic rings. The van der Waals surface area contributed by atoms with Crippen molar-refractivity contribution in [2.45, 2.75) is 45.6 Å². The van der Waals surface area contributed by atoms with Gasteiger partial charge in [-0.2, -0.15) is 0 Å². The molecule has 4 rings (SSSR count). The summed E-state index contributed by atoms with van der Waals surface area (Å²) < 4.78 is 6.08. The predicted octanol–water partition coefficient (Wildman–Crippen LogP) is 4.22. The molecule has 6 heteroatoms. The summed E-state index contributed by atoms with van der Waals surface area (Å²) in [6.45, 7) is 6.48. The fraction of sp³-hybridized carbons (Fsp3) is 0.440. The van der Waals surface area contributed by atoms with E-state index in [2.05, 4.69) is 54.3 Å². The zero-order valence-corrected chi connectivity index (χ0v) is 18.6. The molecular weight excluding hydrogens is 388 g/mol. The zero-order chi connectivity index (χ0) is 22.0. The molecule has 0 radical (unpaired) electrons. The van der Waals surface area contributed by atoms with E-state index in [-0.39, 0.29) is 11.8 Å². The van der Waals surface area contributed by atoms with Gasteiger partial charge in [0.15, 0.2) is 0 Å². The van der Waals surface area contributed by atoms with Crippen molar-refractivity contribution < 1.29 is 9.21 Å². The molecule has 31 heavy (non-hydrogen) atoms. The lowest BCUT2D eigenvalue weighted by molar-refractivity contribution is -0.119. The summed E-state index contributed by atoms with van der Waals surface area (Å²) in [5.41, 5.74) is 10.3. The van der Waals surface area contributed by atoms with Gasteiger partial charge in [-0.1, -0.05) is 31.2 Å². The van der Waals surface area contributed by atoms with Gasteiger partial charge in [-0.3, -0.25) is 9.69 Å². The summed E-state index contributed by atoms with van der Waals surface area (Å²) in [7, 11) is 2.14. The van der Waals surface area contributed by atoms with Crippen molar-refractivity contribution in [2.24, 2.45) is 11.7 Å². The molecule has 1 aromatic carbocycles. The topological polar surface area (TPSA) is 84.4 Å². The minimum absolute atomic E-state index is 0.0233. The van der Waals surface area contributed by atoms with Crippen LogP contribution in [-0.4, -0.2) is 35.9 Å². The molecule has 3 heterocycles. The molecule has 1 amide bonds. The van der Waals surface area contributed by atoms with Gasteiger partial charge in [-0.05, 0) is 68.5 Å². The number of nitrogens with zero attached hydrogens (tertiary/aromatic N) is 2. The zero-order valence-electron chi connectivity index (χ0n) is 18.6. The number of aryl methyl sites for hydroxylation is 1. The van der Waals surface area contributed by atoms with Crippen molar-refractivity contribution >= 4 is 22.7 Å². The number of carbonyl (C=O) groups excluding carboxylic acids is 1. The maximum Gasteiger partial charge on any atom is 0.230 e. The quantitative estimate of drug-likeness (QED) is 0.570. The van der Waals surface area contributed by atoms with E-state index in [4.69, 9.17) is 10.2 Å². The third kappa shape index (κ3) is 4.50. The number of hydrogen-bond donors (Lipinski definition) is 2. The molecule has 2 unspecified atom stereocenters. The number of furan rings is 1. The highest BCUT2D eigenvalue weighted by Crippen LogP contribution is 2.30. The second kappa shape index (κ2) is 9.20. The second-order valence-electron chi connectivity index (χ2n) is 8.68. The predicted molar refractivity (Wildman–Crippen MR) is 124 cm³/mol. The number of nitrogens with two attached hydrogens (primary N) is 1. The fourth-order valence-corrected chi connectivity index (χ4v) is 4.47. The van der Waals surface area contributed by atoms with Crippen LogP contribution >= 0.6 is 0 Å². The van der Waals surface area contributed by atoms with E-state index < -0.39 is 0 Å². The van der Waals surface area contributed by atoms with Crippen molar-refractivity contribution in [2.75, 3.05) is 25.5 Å². The monoisotopic (exact) mass is 420 g/mol. The van der Waals surface area contributed by atoms with E-state index in [1.165, 1.54) is 16.5 Å². The molecule has 164 valence electrons. The smallest absolute Gasteiger partial charge is 0.230 e. The first-order valence-electron chi connectivity index (χ1n) is 11.2. The molecule has 0 spiro atoms. The van der Waals surface area contributed by atoms with Crippen LogP contribution in [0.2, 0.25) is 0 Å². The van der Waals surface area contributed by atoms with Gasteiger partial charge in [0, 0.05) is 18.1 Å². The van der Waals surface area contributed by atoms with E-state index in [0.717, 1.165) is 42.8 Å². The van der Waals surface area contributed by atoms with Gasteiger partial charge in [0.1, 0.15) is 17.2 Å². The Morgan fingerprint density at radius 1 is 1.35 bits per heavy atom. The van der Waals surface area contributed by atoms with E-state index in [1.807, 2.05) is 18.3 Å². The Morgan fingerprint density at radius 2 is 2.16 bits per heavy atom. The van der Waals surface area contributed by atoms with Crippen molar-refractivity contribution in [1.29, 1.82) is 0 Å². The van der Waals surface area contributed by atoms with Crippen LogP contribution in [0, 0.1) is 12.8 Å². The summed E-state index contributed by atoms with van der Waals surface area (Å²) in [5.74, 6) is 1.96. The van der Waals surface area contributed by atoms with Crippen LogP contribution in [0.5, 0.6) is 0 Å². The summed E-state index contributed by atoms with van der Waals surface area (Å²) in [6.07, 6.45) is 4.67. The first-order chi connectivity index (χ1) is 15.0. The highest BCUT2D eigenvalue weighted by molar-refractivity contribution is 5.94. The maximum absolute atomic E-state index is 12.0. The molecule has 0 aliphatic carbocycles. The van der Waals surface area contributed by atoms with Crippen molar-refractivity contribution in [3.8, 4) is 0 Å². The summed E-state index contributed by atoms with van der Waals surface area (Å²) in [5, 5.41) is 4.08. The van der Waals surface area contributed by atoms with E-state index in [9.17, 15) is 4.79 Å². The number of pyridine rings is 1. The SMILES string of the molecule is CCC(CCN(C)Cc1oc2ccccc2c1C)c1cnc2c(c1)CC(CN)C(=O)N2. The van der Waals surface area contributed by atoms with Gasteiger partial charge in [0.25, 0.3) is 0 Å². The Bertz CT molecular complexity index is 1070. The number of carbonyl (C=O) groups is 1. The van der Waals surface area contributed by atoms with E-state index in [1.54, 1.807) is 0 Å². The third-order valence-corrected chi connectivity index (χ3v) is 6.53. The molecular formula is C25H32N4O2. The van der Waals surface area contributed by atoms with Crippen LogP contribution in [0.3, 0.4) is 0 Å². The summed E-state index contributed by atoms with van der Waals surface area (Å²) in [4.78, 5) is 18.9. The molecule has 2 aromatic heterocycles. The normalized spacial score (nSPS) is 17.1. The highest BCUT2D eigenvalue weighted by atomic mass is 16.3. The Kier molecular flexibility index (Phi) is 6.39. The third-order valence-electron chi connectivity index (χ3n) is 6.53. The molecule has 0 bridgehead atoms. The molecule has 0 fully saturated rings. The van der Waals surface area contributed by atoms with Gasteiger partial charge >= 0.3 is 0 Å². The Hall–Kier alpha value is -2.70. The molecule has 1 aliphatic rings. The lowest BCUT2D eigenvalue weighted by atomic mass is 9.89. The van der Waals surface area contributed by atoms with Crippen molar-refractivity contribution in [3.63, 3.8) is 0 Å². The van der Waals surface area contributed by atoms with Gasteiger partial charge in [0.2, 0.25) is 5.91 Å². The average Bonchev–Trinajstić information content (AvgIpc) is 3.09. The van der Waals surface area contributed by atoms with Crippen molar-refractivity contribution in [3.05, 3.63) is 59.0 Å². The lowest BCUT2D eigenvalue weighted by Crippen LogP contribution is -2.35. The number of benzene rings is 1. The minimum atomic E-state index is -0.164. The van der Waals surface area contributed by atoms with Crippen LogP contribution in [0.25, 0.3) is 11.0 Å². The molecule has 0 saturated carbocycles. The number of hydrogen-bond acceptors (Lipinski definition) is 5. The molecule has 6 nitrogen and oxygen atoms in total. The number of aromatic nitrogens is 1. The van der Waals surface area contributed by atoms with Gasteiger partial charge in [-0.25, -0.2) is 4.98 Å². The van der Waals surface area contributed by atoms with Gasteiger partial charge in [-0.15, -0.1) is 0 Å². The standard InChI is InChI=1S/C25H32N4O2/c1-4-17(20-12-18-11-19(13-26)25(30)28-24(18)27-14-20)9-10-29(3)15-23-16(2)21-7-5-6-8-22(21)31-23/h5-8,12,14,17,19H,4,9-11,13,15,26H2,1-3H3,(H,27,28,30). The Morgan fingerprint density at radius 3 is 2.90 bits per heavy atom.